The number of hydrogen-bond acceptors (Lipinski definition) is 10. The quantitative estimate of drug-likeness (QED) is 0.216. The summed E-state index contributed by atoms with van der Waals surface area (Å²) in [5, 5.41) is 43.7. The van der Waals surface area contributed by atoms with Crippen molar-refractivity contribution in [2.75, 3.05) is 6.61 Å². The Kier molecular flexibility index (Phi) is 7.13. The molecule has 1 fully saturated rings. The molecule has 39 heavy (non-hydrogen) atoms. The lowest BCUT2D eigenvalue weighted by Crippen LogP contribution is -2.60. The predicted octanol–water partition coefficient (Wildman–Crippen LogP) is 1.43. The zero-order valence-corrected chi connectivity index (χ0v) is 21.1. The van der Waals surface area contributed by atoms with E-state index in [9.17, 15) is 25.2 Å². The molecule has 13 nitrogen and oxygen atoms in total. The van der Waals surface area contributed by atoms with E-state index in [0.717, 1.165) is 5.69 Å². The van der Waals surface area contributed by atoms with Gasteiger partial charge in [0.2, 0.25) is 5.88 Å². The molecule has 1 aliphatic rings. The van der Waals surface area contributed by atoms with Gasteiger partial charge in [-0.05, 0) is 39.0 Å². The number of aromatic amines is 1. The average molecular weight is 547 g/mol. The summed E-state index contributed by atoms with van der Waals surface area (Å²) in [6.07, 6.45) is -6.47. The van der Waals surface area contributed by atoms with E-state index in [-0.39, 0.29) is 18.2 Å². The van der Waals surface area contributed by atoms with Crippen molar-refractivity contribution >= 4 is 22.4 Å². The van der Waals surface area contributed by atoms with Crippen LogP contribution in [-0.4, -0.2) is 89.4 Å². The van der Waals surface area contributed by atoms with E-state index in [2.05, 4.69) is 15.1 Å². The number of carboxylic acid groups (broad SMARTS) is 1. The first kappa shape index (κ1) is 26.8. The molecule has 5 rings (SSSR count). The minimum Gasteiger partial charge on any atom is -0.489 e. The van der Waals surface area contributed by atoms with Crippen LogP contribution in [0.25, 0.3) is 16.4 Å². The minimum atomic E-state index is -1.82. The Morgan fingerprint density at radius 2 is 1.97 bits per heavy atom. The number of benzene rings is 1. The van der Waals surface area contributed by atoms with Gasteiger partial charge in [-0.25, -0.2) is 13.7 Å². The molecule has 5 N–H and O–H groups in total. The van der Waals surface area contributed by atoms with Crippen molar-refractivity contribution in [3.8, 4) is 17.4 Å². The fourth-order valence-electron chi connectivity index (χ4n) is 4.44. The number of carbonyl (C=O) groups is 1. The number of aliphatic hydroxyl groups excluding tert-OH is 3. The molecule has 1 aliphatic heterocycles. The lowest BCUT2D eigenvalue weighted by Gasteiger charge is -2.39. The summed E-state index contributed by atoms with van der Waals surface area (Å²) in [4.78, 5) is 18.5. The lowest BCUT2D eigenvalue weighted by atomic mass is 9.99. The molecule has 0 saturated carbocycles. The van der Waals surface area contributed by atoms with E-state index >= 15 is 4.39 Å². The second-order valence-corrected chi connectivity index (χ2v) is 9.36. The number of carboxylic acids is 1. The van der Waals surface area contributed by atoms with Crippen molar-refractivity contribution in [2.45, 2.75) is 57.6 Å². The summed E-state index contributed by atoms with van der Waals surface area (Å²) >= 11 is 0. The van der Waals surface area contributed by atoms with Crippen molar-refractivity contribution in [3.05, 3.63) is 47.8 Å². The normalized spacial score (nSPS) is 24.2. The maximum atomic E-state index is 15.1. The zero-order chi connectivity index (χ0) is 28.0. The van der Waals surface area contributed by atoms with Gasteiger partial charge in [-0.2, -0.15) is 10.1 Å². The summed E-state index contributed by atoms with van der Waals surface area (Å²) in [6, 6.07) is 4.91. The molecule has 0 radical (unpaired) electrons. The topological polar surface area (TPSA) is 181 Å². The van der Waals surface area contributed by atoms with Crippen LogP contribution in [0.4, 0.5) is 4.39 Å². The molecule has 4 heterocycles. The van der Waals surface area contributed by atoms with Gasteiger partial charge in [0.15, 0.2) is 24.0 Å². The Bertz CT molecular complexity index is 1520. The SMILES string of the molecule is Cc1cc2c(F)c(Oc3ncnn4cc(OCC(C)OC5OC(C(=O)O)C(O)C(O)C5O)c(C)c34)ccc2[nH]1. The highest BCUT2D eigenvalue weighted by Gasteiger charge is 2.47. The molecule has 6 atom stereocenters. The number of H-pyrrole nitrogens is 1. The van der Waals surface area contributed by atoms with Crippen molar-refractivity contribution in [1.29, 1.82) is 0 Å². The summed E-state index contributed by atoms with van der Waals surface area (Å²) in [7, 11) is 0. The molecule has 0 spiro atoms. The van der Waals surface area contributed by atoms with Gasteiger partial charge in [-0.3, -0.25) is 0 Å². The number of aliphatic carboxylic acids is 1. The third-order valence-electron chi connectivity index (χ3n) is 6.44. The number of hydrogen-bond donors (Lipinski definition) is 5. The zero-order valence-electron chi connectivity index (χ0n) is 21.1. The van der Waals surface area contributed by atoms with Crippen molar-refractivity contribution < 1.29 is 48.6 Å². The molecule has 3 aromatic heterocycles. The van der Waals surface area contributed by atoms with Crippen LogP contribution in [0.2, 0.25) is 0 Å². The third-order valence-corrected chi connectivity index (χ3v) is 6.44. The molecular weight excluding hydrogens is 519 g/mol. The van der Waals surface area contributed by atoms with E-state index in [1.807, 2.05) is 6.92 Å². The Balaban J connectivity index is 1.30. The monoisotopic (exact) mass is 546 g/mol. The van der Waals surface area contributed by atoms with Gasteiger partial charge in [0, 0.05) is 22.2 Å². The Morgan fingerprint density at radius 3 is 2.72 bits per heavy atom. The molecule has 4 aromatic rings. The maximum absolute atomic E-state index is 15.1. The number of nitrogens with zero attached hydrogens (tertiary/aromatic N) is 3. The van der Waals surface area contributed by atoms with E-state index in [0.29, 0.717) is 27.7 Å². The number of rotatable bonds is 8. The van der Waals surface area contributed by atoms with E-state index < -0.39 is 48.6 Å². The largest absolute Gasteiger partial charge is 0.489 e. The van der Waals surface area contributed by atoms with E-state index in [1.165, 1.54) is 16.9 Å². The molecular formula is C25H27FN4O9. The van der Waals surface area contributed by atoms with Gasteiger partial charge in [-0.1, -0.05) is 0 Å². The highest BCUT2D eigenvalue weighted by atomic mass is 19.1. The number of aliphatic hydroxyl groups is 3. The molecule has 1 saturated heterocycles. The smallest absolute Gasteiger partial charge is 0.335 e. The number of aryl methyl sites for hydroxylation is 2. The van der Waals surface area contributed by atoms with Crippen molar-refractivity contribution in [2.24, 2.45) is 0 Å². The number of nitrogens with one attached hydrogen (secondary N) is 1. The Labute approximate surface area is 220 Å². The second-order valence-electron chi connectivity index (χ2n) is 9.36. The van der Waals surface area contributed by atoms with Gasteiger partial charge < -0.3 is 44.4 Å². The standard InChI is InChI=1S/C25H27FN4O9/c1-10-6-13-14(29-10)4-5-15(17(13)26)38-23-18-12(3)16(7-30(18)28-9-27-23)36-8-11(2)37-25-21(33)19(31)20(32)22(39-25)24(34)35/h4-7,9,11,19-22,25,29,31-33H,8H2,1-3H3,(H,34,35). The maximum Gasteiger partial charge on any atom is 0.335 e. The fraction of sp³-hybridized carbons (Fsp3) is 0.400. The number of aromatic nitrogens is 4. The number of fused-ring (bicyclic) bond motifs is 2. The summed E-state index contributed by atoms with van der Waals surface area (Å²) in [5.74, 6) is -1.56. The summed E-state index contributed by atoms with van der Waals surface area (Å²) in [5.41, 5.74) is 2.49. The summed E-state index contributed by atoms with van der Waals surface area (Å²) in [6.45, 7) is 5.09. The first-order valence-corrected chi connectivity index (χ1v) is 12.0. The van der Waals surface area contributed by atoms with Crippen LogP contribution in [-0.2, 0) is 14.3 Å². The number of ether oxygens (including phenoxy) is 4. The molecule has 14 heteroatoms. The fourth-order valence-corrected chi connectivity index (χ4v) is 4.44. The van der Waals surface area contributed by atoms with Gasteiger partial charge in [0.05, 0.1) is 12.3 Å². The minimum absolute atomic E-state index is 0.00907. The van der Waals surface area contributed by atoms with Crippen molar-refractivity contribution in [1.82, 2.24) is 19.6 Å². The molecule has 1 aromatic carbocycles. The van der Waals surface area contributed by atoms with Crippen molar-refractivity contribution in [3.63, 3.8) is 0 Å². The van der Waals surface area contributed by atoms with Crippen LogP contribution in [0, 0.1) is 19.7 Å². The third kappa shape index (κ3) is 4.99. The molecule has 0 aliphatic carbocycles. The van der Waals surface area contributed by atoms with Crippen LogP contribution in [0.3, 0.4) is 0 Å². The van der Waals surface area contributed by atoms with Crippen LogP contribution in [0.15, 0.2) is 30.7 Å². The molecule has 6 unspecified atom stereocenters. The average Bonchev–Trinajstić information content (AvgIpc) is 3.44. The van der Waals surface area contributed by atoms with Gasteiger partial charge in [-0.15, -0.1) is 0 Å². The van der Waals surface area contributed by atoms with Crippen LogP contribution < -0.4 is 9.47 Å². The molecule has 208 valence electrons. The highest BCUT2D eigenvalue weighted by molar-refractivity contribution is 5.83. The van der Waals surface area contributed by atoms with Crippen LogP contribution in [0.5, 0.6) is 17.4 Å². The lowest BCUT2D eigenvalue weighted by molar-refractivity contribution is -0.304. The second kappa shape index (κ2) is 10.4. The molecule has 0 bridgehead atoms. The van der Waals surface area contributed by atoms with Gasteiger partial charge >= 0.3 is 5.97 Å². The van der Waals surface area contributed by atoms with Gasteiger partial charge in [0.1, 0.15) is 42.5 Å². The van der Waals surface area contributed by atoms with E-state index in [1.54, 1.807) is 32.2 Å². The Hall–Kier alpha value is -3.82. The Morgan fingerprint density at radius 1 is 1.21 bits per heavy atom. The van der Waals surface area contributed by atoms with Crippen LogP contribution in [0.1, 0.15) is 18.2 Å². The first-order valence-electron chi connectivity index (χ1n) is 12.0. The van der Waals surface area contributed by atoms with Crippen LogP contribution >= 0.6 is 0 Å². The first-order chi connectivity index (χ1) is 18.5. The predicted molar refractivity (Wildman–Crippen MR) is 131 cm³/mol. The number of halogens is 1. The van der Waals surface area contributed by atoms with E-state index in [4.69, 9.17) is 18.9 Å². The van der Waals surface area contributed by atoms with Gasteiger partial charge in [0.25, 0.3) is 0 Å². The molecule has 0 amide bonds. The highest BCUT2D eigenvalue weighted by Crippen LogP contribution is 2.35. The summed E-state index contributed by atoms with van der Waals surface area (Å²) < 4.78 is 39.0.